The number of amides is 2. The summed E-state index contributed by atoms with van der Waals surface area (Å²) in [6, 6.07) is 17.8. The molecule has 0 aromatic heterocycles. The number of halogens is 3. The van der Waals surface area contributed by atoms with Crippen LogP contribution in [-0.4, -0.2) is 50.0 Å². The molecule has 0 heterocycles. The highest BCUT2D eigenvalue weighted by Crippen LogP contribution is 2.31. The Balaban J connectivity index is 2.07. The number of carbonyl (C=O) groups excluding carboxylic acids is 2. The molecule has 0 aliphatic carbocycles. The van der Waals surface area contributed by atoms with Gasteiger partial charge in [-0.3, -0.25) is 13.9 Å². The molecule has 0 unspecified atom stereocenters. The first kappa shape index (κ1) is 30.4. The predicted octanol–water partition coefficient (Wildman–Crippen LogP) is 5.06. The number of nitrogens with one attached hydrogen (secondary N) is 1. The van der Waals surface area contributed by atoms with Crippen molar-refractivity contribution in [2.45, 2.75) is 38.9 Å². The molecular weight excluding hydrogens is 564 g/mol. The largest absolute Gasteiger partial charge is 0.352 e. The highest BCUT2D eigenvalue weighted by Gasteiger charge is 2.33. The molecule has 0 bridgehead atoms. The van der Waals surface area contributed by atoms with Crippen LogP contribution < -0.4 is 9.62 Å². The predicted molar refractivity (Wildman–Crippen MR) is 153 cm³/mol. The second-order valence-electron chi connectivity index (χ2n) is 9.38. The monoisotopic (exact) mass is 593 g/mol. The zero-order valence-electron chi connectivity index (χ0n) is 21.8. The molecule has 3 aromatic carbocycles. The van der Waals surface area contributed by atoms with Crippen LogP contribution in [0, 0.1) is 5.82 Å². The van der Waals surface area contributed by atoms with Crippen molar-refractivity contribution in [2.75, 3.05) is 17.1 Å². The third kappa shape index (κ3) is 8.68. The van der Waals surface area contributed by atoms with Gasteiger partial charge in [0.15, 0.2) is 0 Å². The van der Waals surface area contributed by atoms with Gasteiger partial charge in [-0.25, -0.2) is 12.8 Å². The summed E-state index contributed by atoms with van der Waals surface area (Å²) >= 11 is 12.4. The van der Waals surface area contributed by atoms with Gasteiger partial charge in [-0.1, -0.05) is 65.7 Å². The van der Waals surface area contributed by atoms with Crippen LogP contribution in [0.15, 0.2) is 72.8 Å². The standard InChI is InChI=1S/C28H30Cl2FN3O4S/c1-19(2)32-28(36)26(15-20-7-5-4-6-8-20)33(17-21-9-12-23(31)13-10-21)27(35)18-34(39(3,37)38)25-16-22(29)11-14-24(25)30/h4-14,16,19,26H,15,17-18H2,1-3H3,(H,32,36)/t26-/m0/s1. The Kier molecular flexibility index (Phi) is 10.4. The molecule has 0 radical (unpaired) electrons. The van der Waals surface area contributed by atoms with E-state index in [0.717, 1.165) is 16.1 Å². The summed E-state index contributed by atoms with van der Waals surface area (Å²) in [5, 5.41) is 3.18. The minimum Gasteiger partial charge on any atom is -0.352 e. The van der Waals surface area contributed by atoms with Crippen LogP contribution in [0.4, 0.5) is 10.1 Å². The highest BCUT2D eigenvalue weighted by atomic mass is 35.5. The maximum absolute atomic E-state index is 14.0. The molecule has 3 rings (SSSR count). The van der Waals surface area contributed by atoms with E-state index in [-0.39, 0.29) is 34.7 Å². The van der Waals surface area contributed by atoms with Gasteiger partial charge in [0.1, 0.15) is 18.4 Å². The summed E-state index contributed by atoms with van der Waals surface area (Å²) < 4.78 is 40.1. The van der Waals surface area contributed by atoms with Crippen LogP contribution in [-0.2, 0) is 32.6 Å². The van der Waals surface area contributed by atoms with Crippen molar-refractivity contribution in [3.8, 4) is 0 Å². The molecular formula is C28H30Cl2FN3O4S. The molecule has 39 heavy (non-hydrogen) atoms. The average Bonchev–Trinajstić information content (AvgIpc) is 2.86. The number of rotatable bonds is 11. The van der Waals surface area contributed by atoms with Crippen LogP contribution >= 0.6 is 23.2 Å². The normalized spacial score (nSPS) is 12.2. The Morgan fingerprint density at radius 3 is 2.18 bits per heavy atom. The van der Waals surface area contributed by atoms with Gasteiger partial charge in [-0.2, -0.15) is 0 Å². The molecule has 1 N–H and O–H groups in total. The third-order valence-electron chi connectivity index (χ3n) is 5.82. The second-order valence-corrected chi connectivity index (χ2v) is 12.1. The number of nitrogens with zero attached hydrogens (tertiary/aromatic N) is 2. The first-order valence-corrected chi connectivity index (χ1v) is 14.8. The van der Waals surface area contributed by atoms with Crippen LogP contribution in [0.3, 0.4) is 0 Å². The van der Waals surface area contributed by atoms with Crippen LogP contribution in [0.25, 0.3) is 0 Å². The molecule has 0 aliphatic heterocycles. The topological polar surface area (TPSA) is 86.8 Å². The van der Waals surface area contributed by atoms with Gasteiger partial charge in [0, 0.05) is 24.0 Å². The molecule has 3 aromatic rings. The van der Waals surface area contributed by atoms with Crippen LogP contribution in [0.1, 0.15) is 25.0 Å². The Hall–Kier alpha value is -3.14. The Labute approximate surface area is 238 Å². The fourth-order valence-electron chi connectivity index (χ4n) is 3.99. The van der Waals surface area contributed by atoms with Crippen molar-refractivity contribution in [3.63, 3.8) is 0 Å². The summed E-state index contributed by atoms with van der Waals surface area (Å²) in [6.45, 7) is 2.90. The molecule has 7 nitrogen and oxygen atoms in total. The molecule has 0 aliphatic rings. The van der Waals surface area contributed by atoms with Gasteiger partial charge in [-0.05, 0) is 55.3 Å². The van der Waals surface area contributed by atoms with E-state index in [1.807, 2.05) is 30.3 Å². The Morgan fingerprint density at radius 2 is 1.59 bits per heavy atom. The maximum Gasteiger partial charge on any atom is 0.244 e. The lowest BCUT2D eigenvalue weighted by molar-refractivity contribution is -0.140. The van der Waals surface area contributed by atoms with Crippen molar-refractivity contribution < 1.29 is 22.4 Å². The Bertz CT molecular complexity index is 1400. The summed E-state index contributed by atoms with van der Waals surface area (Å²) in [5.74, 6) is -1.51. The lowest BCUT2D eigenvalue weighted by atomic mass is 10.0. The summed E-state index contributed by atoms with van der Waals surface area (Å²) in [5.41, 5.74) is 1.40. The number of carbonyl (C=O) groups is 2. The van der Waals surface area contributed by atoms with Crippen molar-refractivity contribution in [1.29, 1.82) is 0 Å². The van der Waals surface area contributed by atoms with E-state index in [4.69, 9.17) is 23.2 Å². The molecule has 0 fully saturated rings. The summed E-state index contributed by atoms with van der Waals surface area (Å²) in [4.78, 5) is 28.7. The first-order valence-electron chi connectivity index (χ1n) is 12.2. The number of anilines is 1. The molecule has 208 valence electrons. The van der Waals surface area contributed by atoms with Gasteiger partial charge < -0.3 is 10.2 Å². The maximum atomic E-state index is 14.0. The number of hydrogen-bond donors (Lipinski definition) is 1. The van der Waals surface area contributed by atoms with E-state index in [9.17, 15) is 22.4 Å². The lowest BCUT2D eigenvalue weighted by Crippen LogP contribution is -2.54. The van der Waals surface area contributed by atoms with E-state index in [0.29, 0.717) is 5.56 Å². The highest BCUT2D eigenvalue weighted by molar-refractivity contribution is 7.92. The molecule has 0 saturated heterocycles. The SMILES string of the molecule is CC(C)NC(=O)[C@H](Cc1ccccc1)N(Cc1ccc(F)cc1)C(=O)CN(c1cc(Cl)ccc1Cl)S(C)(=O)=O. The van der Waals surface area contributed by atoms with E-state index in [1.165, 1.54) is 47.4 Å². The van der Waals surface area contributed by atoms with Crippen molar-refractivity contribution in [3.05, 3.63) is 99.8 Å². The van der Waals surface area contributed by atoms with E-state index in [2.05, 4.69) is 5.32 Å². The molecule has 0 saturated carbocycles. The third-order valence-corrected chi connectivity index (χ3v) is 7.51. The van der Waals surface area contributed by atoms with Gasteiger partial charge in [0.25, 0.3) is 0 Å². The van der Waals surface area contributed by atoms with Gasteiger partial charge in [0.05, 0.1) is 17.0 Å². The van der Waals surface area contributed by atoms with Gasteiger partial charge in [0.2, 0.25) is 21.8 Å². The zero-order chi connectivity index (χ0) is 28.7. The first-order chi connectivity index (χ1) is 18.3. The minimum absolute atomic E-state index is 0.0352. The van der Waals surface area contributed by atoms with E-state index in [1.54, 1.807) is 13.8 Å². The lowest BCUT2D eigenvalue weighted by Gasteiger charge is -2.34. The number of benzene rings is 3. The number of hydrogen-bond acceptors (Lipinski definition) is 4. The van der Waals surface area contributed by atoms with Crippen molar-refractivity contribution in [1.82, 2.24) is 10.2 Å². The van der Waals surface area contributed by atoms with Crippen molar-refractivity contribution >= 4 is 50.7 Å². The second kappa shape index (κ2) is 13.3. The molecule has 11 heteroatoms. The van der Waals surface area contributed by atoms with E-state index >= 15 is 0 Å². The van der Waals surface area contributed by atoms with Crippen LogP contribution in [0.2, 0.25) is 10.0 Å². The van der Waals surface area contributed by atoms with Gasteiger partial charge >= 0.3 is 0 Å². The Morgan fingerprint density at radius 1 is 0.949 bits per heavy atom. The summed E-state index contributed by atoms with van der Waals surface area (Å²) in [6.07, 6.45) is 1.12. The molecule has 1 atom stereocenters. The zero-order valence-corrected chi connectivity index (χ0v) is 24.1. The smallest absolute Gasteiger partial charge is 0.244 e. The average molecular weight is 595 g/mol. The van der Waals surface area contributed by atoms with E-state index < -0.39 is 40.2 Å². The number of sulfonamides is 1. The fraction of sp³-hybridized carbons (Fsp3) is 0.286. The van der Waals surface area contributed by atoms with Gasteiger partial charge in [-0.15, -0.1) is 0 Å². The molecule has 0 spiro atoms. The minimum atomic E-state index is -4.00. The van der Waals surface area contributed by atoms with Crippen molar-refractivity contribution in [2.24, 2.45) is 0 Å². The molecule has 2 amide bonds. The quantitative estimate of drug-likeness (QED) is 0.336. The fourth-order valence-corrected chi connectivity index (χ4v) is 5.28. The van der Waals surface area contributed by atoms with Crippen LogP contribution in [0.5, 0.6) is 0 Å². The summed E-state index contributed by atoms with van der Waals surface area (Å²) in [7, 11) is -4.00.